The number of fused-ring (bicyclic) bond motifs is 1. The first-order valence-corrected chi connectivity index (χ1v) is 12.9. The largest absolute Gasteiger partial charge is 0.334 e. The topological polar surface area (TPSA) is 23.6 Å². The minimum Gasteiger partial charge on any atom is -0.334 e. The van der Waals surface area contributed by atoms with Crippen molar-refractivity contribution in [3.8, 4) is 0 Å². The van der Waals surface area contributed by atoms with Crippen molar-refractivity contribution in [2.45, 2.75) is 71.4 Å². The van der Waals surface area contributed by atoms with Gasteiger partial charge in [-0.25, -0.2) is 4.39 Å². The third-order valence-corrected chi connectivity index (χ3v) is 8.09. The highest BCUT2D eigenvalue weighted by Gasteiger charge is 2.31. The standard InChI is InChI=1S/C29H37FN2O/c1-21-15-25(16-22-11-13-31(14-12-22)18-24-7-9-27(30)10-8-24)17-26-20-32(29(33)28(21)26)19-23-5-3-2-4-6-23/h7-10,15,17,22-23H,2-6,11-14,16,18-20H2,1H3. The molecular formula is C29H37FN2O. The van der Waals surface area contributed by atoms with Crippen LogP contribution in [0.5, 0.6) is 0 Å². The second-order valence-corrected chi connectivity index (χ2v) is 10.7. The summed E-state index contributed by atoms with van der Waals surface area (Å²) in [6, 6.07) is 11.5. The lowest BCUT2D eigenvalue weighted by atomic mass is 9.88. The molecule has 2 aromatic rings. The van der Waals surface area contributed by atoms with Crippen LogP contribution >= 0.6 is 0 Å². The Kier molecular flexibility index (Phi) is 6.82. The fourth-order valence-electron chi connectivity index (χ4n) is 6.28. The number of piperidine rings is 1. The van der Waals surface area contributed by atoms with E-state index in [1.165, 1.54) is 61.6 Å². The summed E-state index contributed by atoms with van der Waals surface area (Å²) in [5.41, 5.74) is 5.97. The molecule has 0 atom stereocenters. The molecule has 0 N–H and O–H groups in total. The summed E-state index contributed by atoms with van der Waals surface area (Å²) >= 11 is 0. The van der Waals surface area contributed by atoms with Crippen molar-refractivity contribution in [3.63, 3.8) is 0 Å². The highest BCUT2D eigenvalue weighted by molar-refractivity contribution is 5.99. The number of hydrogen-bond donors (Lipinski definition) is 0. The smallest absolute Gasteiger partial charge is 0.254 e. The third kappa shape index (κ3) is 5.32. The quantitative estimate of drug-likeness (QED) is 0.531. The summed E-state index contributed by atoms with van der Waals surface area (Å²) in [4.78, 5) is 17.7. The Labute approximate surface area is 198 Å². The van der Waals surface area contributed by atoms with Gasteiger partial charge in [0.15, 0.2) is 0 Å². The molecule has 0 spiro atoms. The van der Waals surface area contributed by atoms with Gasteiger partial charge in [0.2, 0.25) is 0 Å². The van der Waals surface area contributed by atoms with Crippen LogP contribution in [0, 0.1) is 24.6 Å². The molecule has 3 aliphatic rings. The third-order valence-electron chi connectivity index (χ3n) is 8.09. The Morgan fingerprint density at radius 1 is 0.909 bits per heavy atom. The first kappa shape index (κ1) is 22.6. The average Bonchev–Trinajstić information content (AvgIpc) is 3.12. The Morgan fingerprint density at radius 3 is 2.36 bits per heavy atom. The molecule has 33 heavy (non-hydrogen) atoms. The van der Waals surface area contributed by atoms with Crippen LogP contribution in [0.2, 0.25) is 0 Å². The number of benzene rings is 2. The molecule has 2 aromatic carbocycles. The zero-order valence-electron chi connectivity index (χ0n) is 20.0. The van der Waals surface area contributed by atoms with Crippen molar-refractivity contribution in [2.24, 2.45) is 11.8 Å². The second-order valence-electron chi connectivity index (χ2n) is 10.7. The highest BCUT2D eigenvalue weighted by atomic mass is 19.1. The Morgan fingerprint density at radius 2 is 1.64 bits per heavy atom. The van der Waals surface area contributed by atoms with Crippen molar-refractivity contribution >= 4 is 5.91 Å². The number of likely N-dealkylation sites (tertiary alicyclic amines) is 1. The fourth-order valence-corrected chi connectivity index (χ4v) is 6.28. The predicted molar refractivity (Wildman–Crippen MR) is 131 cm³/mol. The Balaban J connectivity index is 1.16. The van der Waals surface area contributed by atoms with Crippen LogP contribution in [0.15, 0.2) is 36.4 Å². The van der Waals surface area contributed by atoms with Gasteiger partial charge in [-0.05, 0) is 98.3 Å². The molecule has 1 saturated heterocycles. The van der Waals surface area contributed by atoms with Crippen LogP contribution in [0.4, 0.5) is 4.39 Å². The summed E-state index contributed by atoms with van der Waals surface area (Å²) in [6.07, 6.45) is 10.1. The van der Waals surface area contributed by atoms with E-state index in [0.717, 1.165) is 50.3 Å². The summed E-state index contributed by atoms with van der Waals surface area (Å²) in [5, 5.41) is 0. The maximum atomic E-state index is 13.1. The Hall–Kier alpha value is -2.20. The van der Waals surface area contributed by atoms with E-state index in [1.807, 2.05) is 12.1 Å². The number of carbonyl (C=O) groups excluding carboxylic acids is 1. The average molecular weight is 449 g/mol. The summed E-state index contributed by atoms with van der Waals surface area (Å²) in [7, 11) is 0. The van der Waals surface area contributed by atoms with Crippen molar-refractivity contribution in [2.75, 3.05) is 19.6 Å². The van der Waals surface area contributed by atoms with Crippen molar-refractivity contribution in [1.82, 2.24) is 9.80 Å². The lowest BCUT2D eigenvalue weighted by Crippen LogP contribution is -2.33. The van der Waals surface area contributed by atoms with Gasteiger partial charge in [0.05, 0.1) is 0 Å². The second kappa shape index (κ2) is 9.97. The van der Waals surface area contributed by atoms with E-state index >= 15 is 0 Å². The molecule has 0 bridgehead atoms. The zero-order chi connectivity index (χ0) is 22.8. The maximum Gasteiger partial charge on any atom is 0.254 e. The molecule has 0 unspecified atom stereocenters. The summed E-state index contributed by atoms with van der Waals surface area (Å²) in [6.45, 7) is 6.96. The number of hydrogen-bond acceptors (Lipinski definition) is 2. The summed E-state index contributed by atoms with van der Waals surface area (Å²) in [5.74, 6) is 1.48. The molecule has 1 amide bonds. The van der Waals surface area contributed by atoms with Crippen molar-refractivity contribution in [1.29, 1.82) is 0 Å². The SMILES string of the molecule is Cc1cc(CC2CCN(Cc3ccc(F)cc3)CC2)cc2c1C(=O)N(CC1CCCCC1)C2. The van der Waals surface area contributed by atoms with Gasteiger partial charge < -0.3 is 4.90 Å². The van der Waals surface area contributed by atoms with E-state index in [2.05, 4.69) is 28.9 Å². The number of aryl methyl sites for hydroxylation is 1. The van der Waals surface area contributed by atoms with E-state index in [4.69, 9.17) is 0 Å². The van der Waals surface area contributed by atoms with Gasteiger partial charge in [-0.3, -0.25) is 9.69 Å². The molecule has 2 heterocycles. The van der Waals surface area contributed by atoms with Crippen LogP contribution in [0.3, 0.4) is 0 Å². The van der Waals surface area contributed by atoms with E-state index in [-0.39, 0.29) is 11.7 Å². The van der Waals surface area contributed by atoms with Crippen LogP contribution in [0.1, 0.15) is 77.6 Å². The number of carbonyl (C=O) groups is 1. The lowest BCUT2D eigenvalue weighted by Gasteiger charge is -2.32. The zero-order valence-corrected chi connectivity index (χ0v) is 20.0. The lowest BCUT2D eigenvalue weighted by molar-refractivity contribution is 0.0737. The van der Waals surface area contributed by atoms with E-state index in [1.54, 1.807) is 12.1 Å². The Bertz CT molecular complexity index is 972. The van der Waals surface area contributed by atoms with Gasteiger partial charge in [0.1, 0.15) is 5.82 Å². The van der Waals surface area contributed by atoms with Gasteiger partial charge in [-0.1, -0.05) is 43.5 Å². The molecular weight excluding hydrogens is 411 g/mol. The highest BCUT2D eigenvalue weighted by Crippen LogP contribution is 2.32. The molecule has 4 heteroatoms. The summed E-state index contributed by atoms with van der Waals surface area (Å²) < 4.78 is 13.1. The van der Waals surface area contributed by atoms with Gasteiger partial charge >= 0.3 is 0 Å². The number of nitrogens with zero attached hydrogens (tertiary/aromatic N) is 2. The van der Waals surface area contributed by atoms with Gasteiger partial charge in [-0.15, -0.1) is 0 Å². The molecule has 1 saturated carbocycles. The first-order chi connectivity index (χ1) is 16.0. The maximum absolute atomic E-state index is 13.1. The minimum absolute atomic E-state index is 0.166. The van der Waals surface area contributed by atoms with Crippen molar-refractivity contribution < 1.29 is 9.18 Å². The van der Waals surface area contributed by atoms with Gasteiger partial charge in [0, 0.05) is 25.2 Å². The van der Waals surface area contributed by atoms with Gasteiger partial charge in [-0.2, -0.15) is 0 Å². The van der Waals surface area contributed by atoms with Crippen LogP contribution in [0.25, 0.3) is 0 Å². The molecule has 2 aliphatic heterocycles. The molecule has 0 radical (unpaired) electrons. The van der Waals surface area contributed by atoms with Gasteiger partial charge in [0.25, 0.3) is 5.91 Å². The molecule has 176 valence electrons. The molecule has 5 rings (SSSR count). The monoisotopic (exact) mass is 448 g/mol. The van der Waals surface area contributed by atoms with Crippen LogP contribution < -0.4 is 0 Å². The number of amides is 1. The number of halogens is 1. The van der Waals surface area contributed by atoms with E-state index < -0.39 is 0 Å². The molecule has 3 nitrogen and oxygen atoms in total. The van der Waals surface area contributed by atoms with Crippen LogP contribution in [-0.4, -0.2) is 35.3 Å². The molecule has 1 aliphatic carbocycles. The first-order valence-electron chi connectivity index (χ1n) is 12.9. The number of rotatable bonds is 6. The van der Waals surface area contributed by atoms with Crippen molar-refractivity contribution in [3.05, 3.63) is 70.0 Å². The van der Waals surface area contributed by atoms with Crippen LogP contribution in [-0.2, 0) is 19.5 Å². The predicted octanol–water partition coefficient (Wildman–Crippen LogP) is 6.12. The van der Waals surface area contributed by atoms with E-state index in [0.29, 0.717) is 11.8 Å². The molecule has 2 fully saturated rings. The fraction of sp³-hybridized carbons (Fsp3) is 0.552. The normalized spacial score (nSPS) is 20.4. The molecule has 0 aromatic heterocycles. The van der Waals surface area contributed by atoms with E-state index in [9.17, 15) is 9.18 Å². The minimum atomic E-state index is -0.166.